The SMILES string of the molecule is N#CCCN(Cc1ccco1)CC(O)COc1ccc(Cl)cc1. The van der Waals surface area contributed by atoms with Crippen LogP contribution in [-0.2, 0) is 6.54 Å². The smallest absolute Gasteiger partial charge is 0.119 e. The van der Waals surface area contributed by atoms with Crippen LogP contribution in [0.1, 0.15) is 12.2 Å². The molecule has 1 aromatic carbocycles. The Morgan fingerprint density at radius 1 is 1.30 bits per heavy atom. The first-order valence-corrected chi connectivity index (χ1v) is 7.73. The van der Waals surface area contributed by atoms with Crippen molar-refractivity contribution in [3.8, 4) is 11.8 Å². The first kappa shape index (κ1) is 17.4. The van der Waals surface area contributed by atoms with Crippen molar-refractivity contribution in [3.63, 3.8) is 0 Å². The number of nitrogens with zero attached hydrogens (tertiary/aromatic N) is 2. The number of aliphatic hydroxyl groups excluding tert-OH is 1. The summed E-state index contributed by atoms with van der Waals surface area (Å²) in [6.45, 7) is 1.68. The molecule has 0 saturated heterocycles. The number of rotatable bonds is 9. The molecule has 0 bridgehead atoms. The second kappa shape index (κ2) is 9.21. The topological polar surface area (TPSA) is 69.6 Å². The molecule has 0 radical (unpaired) electrons. The average Bonchev–Trinajstić information content (AvgIpc) is 3.05. The summed E-state index contributed by atoms with van der Waals surface area (Å²) >= 11 is 5.81. The Bertz CT molecular complexity index is 608. The highest BCUT2D eigenvalue weighted by molar-refractivity contribution is 6.30. The molecule has 122 valence electrons. The number of aliphatic hydroxyl groups is 1. The lowest BCUT2D eigenvalue weighted by molar-refractivity contribution is 0.0641. The summed E-state index contributed by atoms with van der Waals surface area (Å²) in [5, 5.41) is 19.5. The van der Waals surface area contributed by atoms with Crippen molar-refractivity contribution < 1.29 is 14.3 Å². The van der Waals surface area contributed by atoms with E-state index in [1.807, 2.05) is 17.0 Å². The van der Waals surface area contributed by atoms with E-state index in [0.717, 1.165) is 5.76 Å². The molecule has 0 amide bonds. The zero-order chi connectivity index (χ0) is 16.5. The zero-order valence-corrected chi connectivity index (χ0v) is 13.4. The van der Waals surface area contributed by atoms with E-state index in [9.17, 15) is 5.11 Å². The van der Waals surface area contributed by atoms with Gasteiger partial charge in [0.2, 0.25) is 0 Å². The number of hydrogen-bond acceptors (Lipinski definition) is 5. The Hall–Kier alpha value is -2.00. The van der Waals surface area contributed by atoms with Gasteiger partial charge < -0.3 is 14.3 Å². The van der Waals surface area contributed by atoms with Crippen LogP contribution in [0.3, 0.4) is 0 Å². The van der Waals surface area contributed by atoms with Crippen LogP contribution in [0.2, 0.25) is 5.02 Å². The number of furan rings is 1. The van der Waals surface area contributed by atoms with E-state index in [1.54, 1.807) is 30.5 Å². The van der Waals surface area contributed by atoms with E-state index in [4.69, 9.17) is 26.0 Å². The lowest BCUT2D eigenvalue weighted by atomic mass is 10.3. The van der Waals surface area contributed by atoms with Gasteiger partial charge in [-0.25, -0.2) is 0 Å². The standard InChI is InChI=1S/C17H19ClN2O3/c18-14-4-6-16(7-5-14)23-13-15(21)11-20(9-2-8-19)12-17-3-1-10-22-17/h1,3-7,10,15,21H,2,9,11-13H2. The fourth-order valence-corrected chi connectivity index (χ4v) is 2.27. The van der Waals surface area contributed by atoms with Crippen molar-refractivity contribution in [2.45, 2.75) is 19.1 Å². The van der Waals surface area contributed by atoms with Gasteiger partial charge in [-0.1, -0.05) is 11.6 Å². The molecule has 2 rings (SSSR count). The van der Waals surface area contributed by atoms with Crippen molar-refractivity contribution in [2.24, 2.45) is 0 Å². The third-order valence-electron chi connectivity index (χ3n) is 3.22. The predicted molar refractivity (Wildman–Crippen MR) is 87.2 cm³/mol. The summed E-state index contributed by atoms with van der Waals surface area (Å²) in [4.78, 5) is 1.97. The van der Waals surface area contributed by atoms with E-state index in [0.29, 0.717) is 36.8 Å². The first-order valence-electron chi connectivity index (χ1n) is 7.35. The molecular formula is C17H19ClN2O3. The highest BCUT2D eigenvalue weighted by Crippen LogP contribution is 2.16. The van der Waals surface area contributed by atoms with E-state index in [2.05, 4.69) is 6.07 Å². The summed E-state index contributed by atoms with van der Waals surface area (Å²) in [6, 6.07) is 12.8. The van der Waals surface area contributed by atoms with Crippen LogP contribution in [-0.4, -0.2) is 35.8 Å². The molecule has 0 aliphatic carbocycles. The van der Waals surface area contributed by atoms with Crippen LogP contribution >= 0.6 is 11.6 Å². The van der Waals surface area contributed by atoms with Gasteiger partial charge in [0.15, 0.2) is 0 Å². The molecule has 6 heteroatoms. The highest BCUT2D eigenvalue weighted by Gasteiger charge is 2.14. The molecule has 1 heterocycles. The quantitative estimate of drug-likeness (QED) is 0.763. The highest BCUT2D eigenvalue weighted by atomic mass is 35.5. The first-order chi connectivity index (χ1) is 11.2. The summed E-state index contributed by atoms with van der Waals surface area (Å²) in [7, 11) is 0. The Balaban J connectivity index is 1.82. The molecule has 0 spiro atoms. The third-order valence-corrected chi connectivity index (χ3v) is 3.48. The average molecular weight is 335 g/mol. The number of halogens is 1. The van der Waals surface area contributed by atoms with Gasteiger partial charge in [0.25, 0.3) is 0 Å². The molecule has 1 atom stereocenters. The van der Waals surface area contributed by atoms with E-state index >= 15 is 0 Å². The normalized spacial score (nSPS) is 12.1. The summed E-state index contributed by atoms with van der Waals surface area (Å²) in [6.07, 6.45) is 1.34. The van der Waals surface area contributed by atoms with Crippen molar-refractivity contribution in [1.82, 2.24) is 4.90 Å². The number of hydrogen-bond donors (Lipinski definition) is 1. The molecule has 23 heavy (non-hydrogen) atoms. The Morgan fingerprint density at radius 2 is 2.09 bits per heavy atom. The van der Waals surface area contributed by atoms with Gasteiger partial charge in [0, 0.05) is 24.5 Å². The Labute approximate surface area is 140 Å². The molecule has 5 nitrogen and oxygen atoms in total. The van der Waals surface area contributed by atoms with Crippen LogP contribution in [0, 0.1) is 11.3 Å². The van der Waals surface area contributed by atoms with Gasteiger partial charge in [-0.15, -0.1) is 0 Å². The second-order valence-corrected chi connectivity index (χ2v) is 5.58. The van der Waals surface area contributed by atoms with Crippen LogP contribution < -0.4 is 4.74 Å². The van der Waals surface area contributed by atoms with Gasteiger partial charge in [0.1, 0.15) is 24.2 Å². The molecule has 1 N–H and O–H groups in total. The molecular weight excluding hydrogens is 316 g/mol. The van der Waals surface area contributed by atoms with E-state index in [1.165, 1.54) is 0 Å². The zero-order valence-electron chi connectivity index (χ0n) is 12.7. The maximum absolute atomic E-state index is 10.2. The van der Waals surface area contributed by atoms with Gasteiger partial charge in [0.05, 0.1) is 18.9 Å². The summed E-state index contributed by atoms with van der Waals surface area (Å²) in [5.41, 5.74) is 0. The van der Waals surface area contributed by atoms with Crippen molar-refractivity contribution in [1.29, 1.82) is 5.26 Å². The fraction of sp³-hybridized carbons (Fsp3) is 0.353. The predicted octanol–water partition coefficient (Wildman–Crippen LogP) is 3.09. The van der Waals surface area contributed by atoms with E-state index < -0.39 is 6.10 Å². The van der Waals surface area contributed by atoms with Gasteiger partial charge in [-0.05, 0) is 36.4 Å². The van der Waals surface area contributed by atoms with Crippen molar-refractivity contribution >= 4 is 11.6 Å². The Kier molecular flexibility index (Phi) is 6.95. The maximum Gasteiger partial charge on any atom is 0.119 e. The van der Waals surface area contributed by atoms with Crippen LogP contribution in [0.4, 0.5) is 0 Å². The Morgan fingerprint density at radius 3 is 2.74 bits per heavy atom. The molecule has 0 aliphatic rings. The largest absolute Gasteiger partial charge is 0.491 e. The molecule has 1 unspecified atom stereocenters. The minimum atomic E-state index is -0.667. The van der Waals surface area contributed by atoms with Crippen molar-refractivity contribution in [3.05, 3.63) is 53.4 Å². The lowest BCUT2D eigenvalue weighted by Gasteiger charge is -2.23. The molecule has 0 aliphatic heterocycles. The number of ether oxygens (including phenoxy) is 1. The molecule has 1 aromatic heterocycles. The summed E-state index contributed by atoms with van der Waals surface area (Å²) in [5.74, 6) is 1.46. The van der Waals surface area contributed by atoms with Gasteiger partial charge >= 0.3 is 0 Å². The van der Waals surface area contributed by atoms with Crippen molar-refractivity contribution in [2.75, 3.05) is 19.7 Å². The molecule has 0 saturated carbocycles. The van der Waals surface area contributed by atoms with Crippen LogP contribution in [0.5, 0.6) is 5.75 Å². The monoisotopic (exact) mass is 334 g/mol. The third kappa shape index (κ3) is 6.33. The fourth-order valence-electron chi connectivity index (χ4n) is 2.14. The minimum absolute atomic E-state index is 0.169. The molecule has 2 aromatic rings. The molecule has 0 fully saturated rings. The lowest BCUT2D eigenvalue weighted by Crippen LogP contribution is -2.35. The van der Waals surface area contributed by atoms with E-state index in [-0.39, 0.29) is 6.61 Å². The summed E-state index contributed by atoms with van der Waals surface area (Å²) < 4.78 is 10.9. The van der Waals surface area contributed by atoms with Gasteiger partial charge in [-0.3, -0.25) is 4.90 Å². The number of nitriles is 1. The second-order valence-electron chi connectivity index (χ2n) is 5.14. The van der Waals surface area contributed by atoms with Crippen LogP contribution in [0.15, 0.2) is 47.1 Å². The number of benzene rings is 1. The maximum atomic E-state index is 10.2. The van der Waals surface area contributed by atoms with Crippen LogP contribution in [0.25, 0.3) is 0 Å². The van der Waals surface area contributed by atoms with Gasteiger partial charge in [-0.2, -0.15) is 5.26 Å². The minimum Gasteiger partial charge on any atom is -0.491 e.